The molecular formula is C22H21N3O2S. The minimum Gasteiger partial charge on any atom is -0.467 e. The number of carbonyl (C=O) groups is 1. The Kier molecular flexibility index (Phi) is 4.28. The van der Waals surface area contributed by atoms with Crippen molar-refractivity contribution in [3.8, 4) is 0 Å². The fourth-order valence-electron chi connectivity index (χ4n) is 4.12. The van der Waals surface area contributed by atoms with Crippen molar-refractivity contribution in [2.75, 3.05) is 11.4 Å². The summed E-state index contributed by atoms with van der Waals surface area (Å²) in [5.41, 5.74) is 3.40. The topological polar surface area (TPSA) is 49.1 Å². The number of benzene rings is 1. The highest BCUT2D eigenvalue weighted by atomic mass is 32.1. The summed E-state index contributed by atoms with van der Waals surface area (Å²) < 4.78 is 5.63. The van der Waals surface area contributed by atoms with Gasteiger partial charge >= 0.3 is 0 Å². The lowest BCUT2D eigenvalue weighted by Gasteiger charge is -2.27. The summed E-state index contributed by atoms with van der Waals surface area (Å²) in [6, 6.07) is 16.3. The maximum atomic E-state index is 13.3. The smallest absolute Gasteiger partial charge is 0.262 e. The van der Waals surface area contributed by atoms with Crippen LogP contribution in [0.1, 0.15) is 35.6 Å². The molecule has 2 atom stereocenters. The largest absolute Gasteiger partial charge is 0.467 e. The molecule has 0 saturated carbocycles. The fourth-order valence-corrected chi connectivity index (χ4v) is 4.84. The maximum Gasteiger partial charge on any atom is 0.262 e. The van der Waals surface area contributed by atoms with E-state index in [9.17, 15) is 4.79 Å². The summed E-state index contributed by atoms with van der Waals surface area (Å²) in [5.74, 6) is 0.773. The normalized spacial score (nSPS) is 21.1. The number of furan rings is 1. The average Bonchev–Trinajstić information content (AvgIpc) is 3.48. The van der Waals surface area contributed by atoms with Gasteiger partial charge in [-0.15, -0.1) is 11.3 Å². The van der Waals surface area contributed by atoms with Crippen LogP contribution in [0.5, 0.6) is 0 Å². The van der Waals surface area contributed by atoms with E-state index in [0.29, 0.717) is 19.0 Å². The standard InChI is InChI=1S/C22H21N3O2S/c1-15-12-16-6-2-3-7-18(16)24(15)14-22(26)25-19(20-8-4-10-27-20)13-17(23-25)21-9-5-11-28-21/h2-11,15,19H,12-14H2,1H3/t15-,19-/m1/s1. The molecule has 1 amide bonds. The van der Waals surface area contributed by atoms with Gasteiger partial charge in [0, 0.05) is 18.2 Å². The van der Waals surface area contributed by atoms with Gasteiger partial charge in [0.25, 0.3) is 5.91 Å². The number of hydrazone groups is 1. The van der Waals surface area contributed by atoms with Crippen LogP contribution >= 0.6 is 11.3 Å². The van der Waals surface area contributed by atoms with Crippen LogP contribution in [-0.2, 0) is 11.2 Å². The predicted octanol–water partition coefficient (Wildman–Crippen LogP) is 4.47. The molecule has 0 fully saturated rings. The maximum absolute atomic E-state index is 13.3. The van der Waals surface area contributed by atoms with Crippen molar-refractivity contribution in [3.05, 3.63) is 76.4 Å². The molecule has 4 heterocycles. The lowest BCUT2D eigenvalue weighted by atomic mass is 10.1. The van der Waals surface area contributed by atoms with Crippen molar-refractivity contribution in [3.63, 3.8) is 0 Å². The van der Waals surface area contributed by atoms with E-state index in [0.717, 1.165) is 28.5 Å². The molecule has 5 rings (SSSR count). The third-order valence-electron chi connectivity index (χ3n) is 5.50. The van der Waals surface area contributed by atoms with Crippen molar-refractivity contribution >= 4 is 28.6 Å². The zero-order valence-corrected chi connectivity index (χ0v) is 16.4. The Balaban J connectivity index is 1.43. The first-order valence-corrected chi connectivity index (χ1v) is 10.4. The van der Waals surface area contributed by atoms with Crippen LogP contribution in [0, 0.1) is 0 Å². The number of hydrogen-bond acceptors (Lipinski definition) is 5. The third kappa shape index (κ3) is 2.94. The van der Waals surface area contributed by atoms with Crippen molar-refractivity contribution in [1.29, 1.82) is 0 Å². The van der Waals surface area contributed by atoms with E-state index >= 15 is 0 Å². The Bertz CT molecular complexity index is 1010. The summed E-state index contributed by atoms with van der Waals surface area (Å²) in [7, 11) is 0. The minimum atomic E-state index is -0.187. The van der Waals surface area contributed by atoms with Crippen LogP contribution in [-0.4, -0.2) is 29.2 Å². The second-order valence-electron chi connectivity index (χ2n) is 7.31. The molecule has 142 valence electrons. The molecule has 0 N–H and O–H groups in total. The summed E-state index contributed by atoms with van der Waals surface area (Å²) >= 11 is 1.65. The first-order chi connectivity index (χ1) is 13.7. The highest BCUT2D eigenvalue weighted by Crippen LogP contribution is 2.36. The quantitative estimate of drug-likeness (QED) is 0.659. The Labute approximate surface area is 167 Å². The zero-order valence-electron chi connectivity index (χ0n) is 15.6. The highest BCUT2D eigenvalue weighted by molar-refractivity contribution is 7.12. The lowest BCUT2D eigenvalue weighted by molar-refractivity contribution is -0.131. The Morgan fingerprint density at radius 2 is 2.07 bits per heavy atom. The SMILES string of the molecule is C[C@@H]1Cc2ccccc2N1CC(=O)N1N=C(c2cccs2)C[C@@H]1c1ccco1. The number of para-hydroxylation sites is 1. The number of nitrogens with zero attached hydrogens (tertiary/aromatic N) is 3. The van der Waals surface area contributed by atoms with E-state index in [1.165, 1.54) is 5.56 Å². The summed E-state index contributed by atoms with van der Waals surface area (Å²) in [5, 5.41) is 8.38. The van der Waals surface area contributed by atoms with Gasteiger partial charge in [0.1, 0.15) is 11.8 Å². The van der Waals surface area contributed by atoms with E-state index in [2.05, 4.69) is 36.1 Å². The van der Waals surface area contributed by atoms with Gasteiger partial charge in [-0.25, -0.2) is 5.01 Å². The lowest BCUT2D eigenvalue weighted by Crippen LogP contribution is -2.40. The third-order valence-corrected chi connectivity index (χ3v) is 6.42. The van der Waals surface area contributed by atoms with E-state index in [1.807, 2.05) is 29.6 Å². The molecular weight excluding hydrogens is 370 g/mol. The first-order valence-electron chi connectivity index (χ1n) is 9.52. The Morgan fingerprint density at radius 3 is 2.86 bits per heavy atom. The molecule has 2 aliphatic heterocycles. The highest BCUT2D eigenvalue weighted by Gasteiger charge is 2.37. The molecule has 0 unspecified atom stereocenters. The minimum absolute atomic E-state index is 0.00323. The van der Waals surface area contributed by atoms with Gasteiger partial charge in [0.15, 0.2) is 0 Å². The molecule has 0 bridgehead atoms. The Hall–Kier alpha value is -2.86. The van der Waals surface area contributed by atoms with Crippen molar-refractivity contribution in [2.45, 2.75) is 31.8 Å². The fraction of sp³-hybridized carbons (Fsp3) is 0.273. The van der Waals surface area contributed by atoms with E-state index in [1.54, 1.807) is 22.6 Å². The average molecular weight is 391 g/mol. The van der Waals surface area contributed by atoms with E-state index < -0.39 is 0 Å². The molecule has 0 saturated heterocycles. The Morgan fingerprint density at radius 1 is 1.18 bits per heavy atom. The monoisotopic (exact) mass is 391 g/mol. The molecule has 28 heavy (non-hydrogen) atoms. The zero-order chi connectivity index (χ0) is 19.1. The summed E-state index contributed by atoms with van der Waals surface area (Å²) in [4.78, 5) is 16.6. The predicted molar refractivity (Wildman–Crippen MR) is 111 cm³/mol. The number of anilines is 1. The molecule has 3 aromatic rings. The van der Waals surface area contributed by atoms with Gasteiger partial charge in [0.2, 0.25) is 0 Å². The molecule has 6 heteroatoms. The van der Waals surface area contributed by atoms with Crippen molar-refractivity contribution in [1.82, 2.24) is 5.01 Å². The van der Waals surface area contributed by atoms with Gasteiger partial charge in [-0.2, -0.15) is 5.10 Å². The molecule has 5 nitrogen and oxygen atoms in total. The van der Waals surface area contributed by atoms with E-state index in [-0.39, 0.29) is 11.9 Å². The first kappa shape index (κ1) is 17.3. The summed E-state index contributed by atoms with van der Waals surface area (Å²) in [6.07, 6.45) is 3.29. The van der Waals surface area contributed by atoms with Crippen LogP contribution in [0.4, 0.5) is 5.69 Å². The second-order valence-corrected chi connectivity index (χ2v) is 8.26. The number of rotatable bonds is 4. The number of amides is 1. The van der Waals surface area contributed by atoms with Crippen LogP contribution < -0.4 is 4.90 Å². The van der Waals surface area contributed by atoms with Crippen LogP contribution in [0.2, 0.25) is 0 Å². The van der Waals surface area contributed by atoms with Crippen LogP contribution in [0.3, 0.4) is 0 Å². The number of carbonyl (C=O) groups excluding carboxylic acids is 1. The molecule has 2 aliphatic rings. The van der Waals surface area contributed by atoms with Crippen molar-refractivity contribution in [2.24, 2.45) is 5.10 Å². The molecule has 1 aromatic carbocycles. The number of hydrogen-bond donors (Lipinski definition) is 0. The van der Waals surface area contributed by atoms with Gasteiger partial charge in [0.05, 0.1) is 23.4 Å². The molecule has 0 radical (unpaired) electrons. The van der Waals surface area contributed by atoms with Crippen molar-refractivity contribution < 1.29 is 9.21 Å². The number of fused-ring (bicyclic) bond motifs is 1. The van der Waals surface area contributed by atoms with E-state index in [4.69, 9.17) is 9.52 Å². The second kappa shape index (κ2) is 6.95. The molecule has 0 aliphatic carbocycles. The summed E-state index contributed by atoms with van der Waals surface area (Å²) in [6.45, 7) is 2.48. The molecule has 0 spiro atoms. The van der Waals surface area contributed by atoms with Gasteiger partial charge in [-0.05, 0) is 48.6 Å². The van der Waals surface area contributed by atoms with Gasteiger partial charge < -0.3 is 9.32 Å². The number of thiophene rings is 1. The molecule has 2 aromatic heterocycles. The van der Waals surface area contributed by atoms with Crippen LogP contribution in [0.15, 0.2) is 69.7 Å². The van der Waals surface area contributed by atoms with Gasteiger partial charge in [-0.3, -0.25) is 4.79 Å². The van der Waals surface area contributed by atoms with Crippen LogP contribution in [0.25, 0.3) is 0 Å². The van der Waals surface area contributed by atoms with Gasteiger partial charge in [-0.1, -0.05) is 24.3 Å².